The van der Waals surface area contributed by atoms with E-state index < -0.39 is 0 Å². The van der Waals surface area contributed by atoms with Crippen LogP contribution in [0.25, 0.3) is 0 Å². The summed E-state index contributed by atoms with van der Waals surface area (Å²) < 4.78 is 16.9. The van der Waals surface area contributed by atoms with Crippen molar-refractivity contribution in [1.29, 1.82) is 0 Å². The van der Waals surface area contributed by atoms with Crippen LogP contribution in [0.2, 0.25) is 0 Å². The van der Waals surface area contributed by atoms with Crippen molar-refractivity contribution in [3.63, 3.8) is 0 Å². The second-order valence-corrected chi connectivity index (χ2v) is 9.18. The van der Waals surface area contributed by atoms with Gasteiger partial charge in [-0.25, -0.2) is 0 Å². The molecular formula is C23H36N4O3. The number of guanidine groups is 1. The van der Waals surface area contributed by atoms with Crippen molar-refractivity contribution in [3.8, 4) is 11.5 Å². The topological polar surface area (TPSA) is 58.6 Å². The van der Waals surface area contributed by atoms with Crippen molar-refractivity contribution in [1.82, 2.24) is 15.1 Å². The Morgan fingerprint density at radius 2 is 1.97 bits per heavy atom. The van der Waals surface area contributed by atoms with Crippen molar-refractivity contribution in [2.45, 2.75) is 39.0 Å². The maximum Gasteiger partial charge on any atom is 0.193 e. The van der Waals surface area contributed by atoms with Crippen molar-refractivity contribution in [3.05, 3.63) is 23.8 Å². The first-order chi connectivity index (χ1) is 14.5. The first kappa shape index (κ1) is 21.2. The van der Waals surface area contributed by atoms with Crippen LogP contribution in [0, 0.1) is 11.3 Å². The molecule has 1 aromatic carbocycles. The minimum absolute atomic E-state index is 0.155. The van der Waals surface area contributed by atoms with Gasteiger partial charge in [-0.05, 0) is 24.6 Å². The van der Waals surface area contributed by atoms with Crippen LogP contribution >= 0.6 is 0 Å². The highest BCUT2D eigenvalue weighted by molar-refractivity contribution is 5.80. The van der Waals surface area contributed by atoms with Gasteiger partial charge in [-0.3, -0.25) is 9.89 Å². The van der Waals surface area contributed by atoms with Gasteiger partial charge >= 0.3 is 0 Å². The van der Waals surface area contributed by atoms with Crippen LogP contribution in [0.3, 0.4) is 0 Å². The van der Waals surface area contributed by atoms with Gasteiger partial charge in [0.2, 0.25) is 0 Å². The lowest BCUT2D eigenvalue weighted by Crippen LogP contribution is -2.68. The lowest BCUT2D eigenvalue weighted by Gasteiger charge is -2.55. The molecule has 0 amide bonds. The van der Waals surface area contributed by atoms with E-state index in [1.807, 2.05) is 19.2 Å². The van der Waals surface area contributed by atoms with E-state index in [0.717, 1.165) is 68.8 Å². The molecule has 3 atom stereocenters. The van der Waals surface area contributed by atoms with Crippen LogP contribution in [0.15, 0.2) is 23.2 Å². The molecular weight excluding hydrogens is 380 g/mol. The average molecular weight is 417 g/mol. The minimum Gasteiger partial charge on any atom is -0.497 e. The molecule has 1 saturated carbocycles. The van der Waals surface area contributed by atoms with Crippen LogP contribution in [0.5, 0.6) is 11.5 Å². The zero-order valence-corrected chi connectivity index (χ0v) is 19.0. The number of ether oxygens (including phenoxy) is 3. The normalized spacial score (nSPS) is 28.6. The number of aliphatic imine (C=N–C) groups is 1. The van der Waals surface area contributed by atoms with Gasteiger partial charge in [-0.2, -0.15) is 0 Å². The Balaban J connectivity index is 1.34. The van der Waals surface area contributed by atoms with Gasteiger partial charge in [0.25, 0.3) is 0 Å². The van der Waals surface area contributed by atoms with Crippen LogP contribution in [-0.2, 0) is 11.3 Å². The molecule has 1 N–H and O–H groups in total. The zero-order chi connectivity index (χ0) is 21.3. The van der Waals surface area contributed by atoms with E-state index in [4.69, 9.17) is 14.2 Å². The molecule has 1 aromatic rings. The van der Waals surface area contributed by atoms with Gasteiger partial charge in [0.05, 0.1) is 20.3 Å². The van der Waals surface area contributed by atoms with Crippen molar-refractivity contribution in [2.24, 2.45) is 16.3 Å². The summed E-state index contributed by atoms with van der Waals surface area (Å²) in [5.41, 5.74) is 1.32. The Bertz CT molecular complexity index is 774. The van der Waals surface area contributed by atoms with E-state index in [1.54, 1.807) is 14.2 Å². The zero-order valence-electron chi connectivity index (χ0n) is 19.0. The van der Waals surface area contributed by atoms with E-state index in [-0.39, 0.29) is 5.41 Å². The summed E-state index contributed by atoms with van der Waals surface area (Å²) >= 11 is 0. The number of hydrogen-bond donors (Lipinski definition) is 1. The van der Waals surface area contributed by atoms with Crippen LogP contribution in [0.1, 0.15) is 25.8 Å². The van der Waals surface area contributed by atoms with Gasteiger partial charge in [0, 0.05) is 69.3 Å². The Morgan fingerprint density at radius 3 is 2.63 bits per heavy atom. The molecule has 0 radical (unpaired) electrons. The number of benzene rings is 1. The number of hydrogen-bond acceptors (Lipinski definition) is 5. The number of nitrogens with one attached hydrogen (secondary N) is 1. The molecule has 3 aliphatic rings. The quantitative estimate of drug-likeness (QED) is 0.587. The molecule has 2 heterocycles. The van der Waals surface area contributed by atoms with Gasteiger partial charge in [0.15, 0.2) is 5.96 Å². The third-order valence-corrected chi connectivity index (χ3v) is 7.15. The third kappa shape index (κ3) is 3.85. The number of methoxy groups -OCH3 is 2. The number of rotatable bonds is 5. The summed E-state index contributed by atoms with van der Waals surface area (Å²) in [5.74, 6) is 3.42. The van der Waals surface area contributed by atoms with Crippen LogP contribution in [-0.4, -0.2) is 82.0 Å². The molecule has 30 heavy (non-hydrogen) atoms. The highest BCUT2D eigenvalue weighted by Gasteiger charge is 2.59. The first-order valence-electron chi connectivity index (χ1n) is 11.0. The van der Waals surface area contributed by atoms with Gasteiger partial charge in [0.1, 0.15) is 11.5 Å². The molecule has 0 aromatic heterocycles. The van der Waals surface area contributed by atoms with Crippen molar-refractivity contribution >= 4 is 5.96 Å². The molecule has 0 bridgehead atoms. The average Bonchev–Trinajstić information content (AvgIpc) is 3.22. The van der Waals surface area contributed by atoms with Crippen molar-refractivity contribution in [2.75, 3.05) is 54.1 Å². The standard InChI is InChI=1S/C23H36N4O3/c1-23(2)20(18-8-13-30-21(18)23)25-22(24-3)27-11-9-26(10-12-27)15-16-14-17(28-4)6-7-19(16)29-5/h6-7,14,18,20-21H,8-13,15H2,1-5H3,(H,24,25). The molecule has 7 heteroatoms. The van der Waals surface area contributed by atoms with E-state index in [9.17, 15) is 0 Å². The summed E-state index contributed by atoms with van der Waals surface area (Å²) in [7, 11) is 5.32. The maximum absolute atomic E-state index is 5.94. The van der Waals surface area contributed by atoms with E-state index in [0.29, 0.717) is 18.1 Å². The predicted molar refractivity (Wildman–Crippen MR) is 118 cm³/mol. The fraction of sp³-hybridized carbons (Fsp3) is 0.696. The third-order valence-electron chi connectivity index (χ3n) is 7.15. The molecule has 1 aliphatic carbocycles. The van der Waals surface area contributed by atoms with E-state index >= 15 is 0 Å². The molecule has 2 aliphatic heterocycles. The highest BCUT2D eigenvalue weighted by atomic mass is 16.5. The Labute approximate surface area is 180 Å². The second-order valence-electron chi connectivity index (χ2n) is 9.18. The fourth-order valence-corrected chi connectivity index (χ4v) is 5.42. The summed E-state index contributed by atoms with van der Waals surface area (Å²) in [6, 6.07) is 6.43. The van der Waals surface area contributed by atoms with Crippen LogP contribution < -0.4 is 14.8 Å². The first-order valence-corrected chi connectivity index (χ1v) is 11.0. The lowest BCUT2D eigenvalue weighted by molar-refractivity contribution is -0.107. The lowest BCUT2D eigenvalue weighted by atomic mass is 9.57. The number of piperazine rings is 1. The molecule has 4 rings (SSSR count). The van der Waals surface area contributed by atoms with E-state index in [1.165, 1.54) is 0 Å². The van der Waals surface area contributed by atoms with Gasteiger partial charge in [-0.1, -0.05) is 13.8 Å². The predicted octanol–water partition coefficient (Wildman–Crippen LogP) is 2.21. The SMILES string of the molecule is CN=C(NC1C2CCOC2C1(C)C)N1CCN(Cc2cc(OC)ccc2OC)CC1. The minimum atomic E-state index is 0.155. The summed E-state index contributed by atoms with van der Waals surface area (Å²) in [4.78, 5) is 9.46. The summed E-state index contributed by atoms with van der Waals surface area (Å²) in [5, 5.41) is 3.77. The molecule has 3 fully saturated rings. The maximum atomic E-state index is 5.94. The monoisotopic (exact) mass is 416 g/mol. The summed E-state index contributed by atoms with van der Waals surface area (Å²) in [6.45, 7) is 10.3. The second kappa shape index (κ2) is 8.63. The molecule has 0 spiro atoms. The molecule has 2 saturated heterocycles. The summed E-state index contributed by atoms with van der Waals surface area (Å²) in [6.07, 6.45) is 1.54. The smallest absolute Gasteiger partial charge is 0.193 e. The van der Waals surface area contributed by atoms with Crippen LogP contribution in [0.4, 0.5) is 0 Å². The van der Waals surface area contributed by atoms with Gasteiger partial charge in [-0.15, -0.1) is 0 Å². The Kier molecular flexibility index (Phi) is 6.11. The molecule has 166 valence electrons. The molecule has 3 unspecified atom stereocenters. The van der Waals surface area contributed by atoms with Gasteiger partial charge < -0.3 is 24.4 Å². The largest absolute Gasteiger partial charge is 0.497 e. The fourth-order valence-electron chi connectivity index (χ4n) is 5.42. The van der Waals surface area contributed by atoms with Crippen molar-refractivity contribution < 1.29 is 14.2 Å². The molecule has 7 nitrogen and oxygen atoms in total. The number of nitrogens with zero attached hydrogens (tertiary/aromatic N) is 3. The highest BCUT2D eigenvalue weighted by Crippen LogP contribution is 2.52. The van der Waals surface area contributed by atoms with E-state index in [2.05, 4.69) is 40.0 Å². The Morgan fingerprint density at radius 1 is 1.20 bits per heavy atom. The number of fused-ring (bicyclic) bond motifs is 1. The Hall–Kier alpha value is -1.99.